The summed E-state index contributed by atoms with van der Waals surface area (Å²) >= 11 is 0.619. The summed E-state index contributed by atoms with van der Waals surface area (Å²) in [5.74, 6) is -21.9. The molecular formula is C76H80F14O6S. The minimum Gasteiger partial charge on any atom is -0.494 e. The number of hydrogen-bond donors (Lipinski definition) is 0. The Labute approximate surface area is 561 Å². The number of alkyl halides is 14. The number of thioether (sulfide) groups is 1. The normalized spacial score (nSPS) is 18.3. The highest BCUT2D eigenvalue weighted by molar-refractivity contribution is 8.00. The summed E-state index contributed by atoms with van der Waals surface area (Å²) in [7, 11) is 0. The lowest BCUT2D eigenvalue weighted by Gasteiger charge is -2.31. The standard InChI is InChI=1S/C76H80F14O6S/c77-71(78,73(81,82)75(85,86)87)43-41-61(23-7-11-45-91-57-33-29-53(30-34-57)69-63(51-17-3-1-4-18-51)25-15-21-55-49-59(37-39-65(55)69)95-67-27-9-13-47-93-67)97-62(42-44-72(79,80)74(83,84)76(88,89)90)24-8-12-46-92-58-35-31-54(32-36-58)70-64(52-19-5-2-6-20-52)26-16-22-56-50-60(38-40-66(56)70)96-68-28-10-14-48-94-68/h1-6,17-20,29-40,49-50,61-62,67-68H,7-16,21-28,41-48H2. The van der Waals surface area contributed by atoms with Crippen LogP contribution in [0, 0.1) is 0 Å². The number of halogens is 14. The molecular weight excluding hydrogens is 1310 g/mol. The number of unbranched alkanes of at least 4 members (excludes halogenated alkanes) is 2. The summed E-state index contributed by atoms with van der Waals surface area (Å²) in [5.41, 5.74) is 12.6. The molecule has 4 unspecified atom stereocenters. The molecule has 2 aliphatic heterocycles. The van der Waals surface area contributed by atoms with E-state index in [4.69, 9.17) is 28.4 Å². The third kappa shape index (κ3) is 18.6. The zero-order valence-electron chi connectivity index (χ0n) is 53.7. The van der Waals surface area contributed by atoms with Gasteiger partial charge in [0.1, 0.15) is 23.0 Å². The van der Waals surface area contributed by atoms with Gasteiger partial charge in [0.15, 0.2) is 12.6 Å². The van der Waals surface area contributed by atoms with E-state index in [1.54, 1.807) is 24.3 Å². The van der Waals surface area contributed by atoms with Crippen molar-refractivity contribution in [2.24, 2.45) is 0 Å². The molecule has 6 aromatic rings. The van der Waals surface area contributed by atoms with Crippen LogP contribution in [-0.2, 0) is 22.3 Å². The number of fused-ring (bicyclic) bond motifs is 2. The minimum absolute atomic E-state index is 0.00613. The van der Waals surface area contributed by atoms with Gasteiger partial charge in [0.2, 0.25) is 0 Å². The summed E-state index contributed by atoms with van der Waals surface area (Å²) in [6, 6.07) is 47.0. The van der Waals surface area contributed by atoms with E-state index in [0.29, 0.717) is 36.5 Å². The van der Waals surface area contributed by atoms with Crippen LogP contribution in [0.5, 0.6) is 23.0 Å². The molecule has 97 heavy (non-hydrogen) atoms. The molecule has 0 spiro atoms. The van der Waals surface area contributed by atoms with Crippen molar-refractivity contribution in [3.63, 3.8) is 0 Å². The first-order chi connectivity index (χ1) is 46.4. The topological polar surface area (TPSA) is 55.4 Å². The number of hydrogen-bond acceptors (Lipinski definition) is 7. The molecule has 4 atom stereocenters. The molecule has 10 rings (SSSR count). The maximum atomic E-state index is 15.0. The van der Waals surface area contributed by atoms with Gasteiger partial charge >= 0.3 is 36.0 Å². The second kappa shape index (κ2) is 32.5. The molecule has 6 nitrogen and oxygen atoms in total. The molecule has 0 N–H and O–H groups in total. The van der Waals surface area contributed by atoms with Crippen LogP contribution in [0.3, 0.4) is 0 Å². The lowest BCUT2D eigenvalue weighted by molar-refractivity contribution is -0.355. The van der Waals surface area contributed by atoms with Crippen molar-refractivity contribution in [1.29, 1.82) is 0 Å². The number of aryl methyl sites for hydroxylation is 2. The molecule has 21 heteroatoms. The van der Waals surface area contributed by atoms with Crippen molar-refractivity contribution in [1.82, 2.24) is 0 Å². The average molecular weight is 1390 g/mol. The smallest absolute Gasteiger partial charge is 0.459 e. The molecule has 0 amide bonds. The molecule has 524 valence electrons. The van der Waals surface area contributed by atoms with Crippen molar-refractivity contribution in [2.45, 2.75) is 200 Å². The van der Waals surface area contributed by atoms with Crippen molar-refractivity contribution in [3.8, 4) is 23.0 Å². The summed E-state index contributed by atoms with van der Waals surface area (Å²) in [6.45, 7) is 1.29. The lowest BCUT2D eigenvalue weighted by Crippen LogP contribution is -2.52. The summed E-state index contributed by atoms with van der Waals surface area (Å²) in [6.07, 6.45) is -9.35. The fourth-order valence-corrected chi connectivity index (χ4v) is 14.8. The maximum absolute atomic E-state index is 15.0. The van der Waals surface area contributed by atoms with Gasteiger partial charge < -0.3 is 28.4 Å². The van der Waals surface area contributed by atoms with Gasteiger partial charge in [-0.2, -0.15) is 73.2 Å². The monoisotopic (exact) mass is 1390 g/mol. The van der Waals surface area contributed by atoms with E-state index < -0.39 is 72.2 Å². The van der Waals surface area contributed by atoms with Crippen molar-refractivity contribution in [3.05, 3.63) is 190 Å². The number of benzene rings is 6. The van der Waals surface area contributed by atoms with Gasteiger partial charge in [-0.05, 0) is 231 Å². The van der Waals surface area contributed by atoms with E-state index in [9.17, 15) is 61.5 Å². The molecule has 2 aliphatic carbocycles. The van der Waals surface area contributed by atoms with Crippen LogP contribution in [0.4, 0.5) is 61.5 Å². The Balaban J connectivity index is 0.811. The van der Waals surface area contributed by atoms with E-state index in [-0.39, 0.29) is 64.3 Å². The highest BCUT2D eigenvalue weighted by atomic mass is 32.2. The van der Waals surface area contributed by atoms with E-state index in [1.165, 1.54) is 0 Å². The van der Waals surface area contributed by atoms with E-state index in [1.807, 2.05) is 72.8 Å². The third-order valence-electron chi connectivity index (χ3n) is 18.3. The summed E-state index contributed by atoms with van der Waals surface area (Å²) in [5, 5.41) is -2.54. The van der Waals surface area contributed by atoms with Crippen molar-refractivity contribution >= 4 is 34.1 Å². The Bertz CT molecular complexity index is 3320. The Morgan fingerprint density at radius 2 is 0.773 bits per heavy atom. The highest BCUT2D eigenvalue weighted by Gasteiger charge is 2.73. The van der Waals surface area contributed by atoms with Crippen molar-refractivity contribution < 1.29 is 89.9 Å². The van der Waals surface area contributed by atoms with Crippen LogP contribution in [0.2, 0.25) is 0 Å². The van der Waals surface area contributed by atoms with Crippen LogP contribution in [0.15, 0.2) is 146 Å². The van der Waals surface area contributed by atoms with Gasteiger partial charge in [0.25, 0.3) is 0 Å². The Kier molecular flexibility index (Phi) is 24.5. The molecule has 0 bridgehead atoms. The van der Waals surface area contributed by atoms with Crippen LogP contribution in [-0.4, -0.2) is 85.6 Å². The third-order valence-corrected chi connectivity index (χ3v) is 20.0. The number of ether oxygens (including phenoxy) is 6. The van der Waals surface area contributed by atoms with Gasteiger partial charge in [-0.15, -0.1) is 0 Å². The molecule has 6 aromatic carbocycles. The Morgan fingerprint density at radius 3 is 1.13 bits per heavy atom. The van der Waals surface area contributed by atoms with Gasteiger partial charge in [-0.25, -0.2) is 0 Å². The van der Waals surface area contributed by atoms with E-state index in [0.717, 1.165) is 155 Å². The van der Waals surface area contributed by atoms with Crippen LogP contribution < -0.4 is 18.9 Å². The Morgan fingerprint density at radius 1 is 0.392 bits per heavy atom. The van der Waals surface area contributed by atoms with E-state index >= 15 is 0 Å². The Hall–Kier alpha value is -6.71. The highest BCUT2D eigenvalue weighted by Crippen LogP contribution is 2.52. The molecule has 0 radical (unpaired) electrons. The predicted octanol–water partition coefficient (Wildman–Crippen LogP) is 22.6. The van der Waals surface area contributed by atoms with Gasteiger partial charge in [0.05, 0.1) is 26.4 Å². The minimum atomic E-state index is -6.64. The summed E-state index contributed by atoms with van der Waals surface area (Å²) in [4.78, 5) is 0. The zero-order chi connectivity index (χ0) is 68.9. The average Bonchev–Trinajstić information content (AvgIpc) is 1.08. The lowest BCUT2D eigenvalue weighted by atomic mass is 9.88. The zero-order valence-corrected chi connectivity index (χ0v) is 54.5. The van der Waals surface area contributed by atoms with Crippen molar-refractivity contribution in [2.75, 3.05) is 26.4 Å². The molecule has 4 aliphatic rings. The fourth-order valence-electron chi connectivity index (χ4n) is 13.1. The molecule has 2 heterocycles. The summed E-state index contributed by atoms with van der Waals surface area (Å²) < 4.78 is 234. The quantitative estimate of drug-likeness (QED) is 0.0329. The van der Waals surface area contributed by atoms with Crippen LogP contribution >= 0.6 is 11.8 Å². The molecule has 0 aromatic heterocycles. The second-order valence-corrected chi connectivity index (χ2v) is 27.0. The SMILES string of the molecule is FC(F)(F)C(F)(F)C(F)(F)CCC(CCCCOc1ccc(C2=C(c3ccccc3)CCCc3cc(OC4CCCCO4)ccc32)cc1)SC(CCCCOc1ccc(C2=C(c3ccccc3)CCCc3cc(OC4CCCCO4)ccc32)cc1)CCC(F)(F)C(F)(F)C(F)(F)F. The molecule has 0 saturated carbocycles. The van der Waals surface area contributed by atoms with Gasteiger partial charge in [-0.3, -0.25) is 0 Å². The van der Waals surface area contributed by atoms with Crippen LogP contribution in [0.25, 0.3) is 22.3 Å². The van der Waals surface area contributed by atoms with Crippen LogP contribution in [0.1, 0.15) is 173 Å². The first kappa shape index (κ1) is 73.0. The number of rotatable bonds is 30. The molecule has 2 saturated heterocycles. The van der Waals surface area contributed by atoms with E-state index in [2.05, 4.69) is 48.5 Å². The maximum Gasteiger partial charge on any atom is 0.459 e. The first-order valence-corrected chi connectivity index (χ1v) is 34.5. The van der Waals surface area contributed by atoms with Gasteiger partial charge in [-0.1, -0.05) is 97.1 Å². The molecule has 2 fully saturated rings. The second-order valence-electron chi connectivity index (χ2n) is 25.4. The predicted molar refractivity (Wildman–Crippen MR) is 349 cm³/mol. The first-order valence-electron chi connectivity index (χ1n) is 33.5. The number of allylic oxidation sites excluding steroid dienone is 2. The largest absolute Gasteiger partial charge is 0.494 e. The fraction of sp³-hybridized carbons (Fsp3) is 0.474. The van der Waals surface area contributed by atoms with Gasteiger partial charge in [0, 0.05) is 36.2 Å².